The monoisotopic (exact) mass is 341 g/mol. The molecule has 0 saturated heterocycles. The maximum Gasteiger partial charge on any atom is 0.189 e. The summed E-state index contributed by atoms with van der Waals surface area (Å²) in [5.41, 5.74) is 12.1. The highest BCUT2D eigenvalue weighted by Crippen LogP contribution is 2.27. The van der Waals surface area contributed by atoms with E-state index in [2.05, 4.69) is 43.2 Å². The minimum absolute atomic E-state index is 0.425. The van der Waals surface area contributed by atoms with Gasteiger partial charge in [0.1, 0.15) is 0 Å². The largest absolute Gasteiger partial charge is 0.493 e. The van der Waals surface area contributed by atoms with Gasteiger partial charge in [-0.3, -0.25) is 0 Å². The fourth-order valence-electron chi connectivity index (χ4n) is 2.88. The number of rotatable bonds is 6. The molecule has 134 valence electrons. The summed E-state index contributed by atoms with van der Waals surface area (Å²) in [6.07, 6.45) is 0. The average Bonchev–Trinajstić information content (AvgIpc) is 2.58. The van der Waals surface area contributed by atoms with E-state index in [0.717, 1.165) is 5.56 Å². The fraction of sp³-hybridized carbons (Fsp3) is 0.350. The van der Waals surface area contributed by atoms with Crippen molar-refractivity contribution < 1.29 is 9.47 Å². The first-order valence-corrected chi connectivity index (χ1v) is 8.26. The van der Waals surface area contributed by atoms with Crippen molar-refractivity contribution in [2.24, 2.45) is 10.7 Å². The molecule has 0 saturated carbocycles. The molecule has 0 aromatic heterocycles. The fourth-order valence-corrected chi connectivity index (χ4v) is 2.88. The SMILES string of the molecule is COc1ccc(CN=C(N)NCc2c(C)cc(C)cc2C)cc1OC. The van der Waals surface area contributed by atoms with E-state index in [4.69, 9.17) is 15.2 Å². The molecule has 3 N–H and O–H groups in total. The molecule has 0 bridgehead atoms. The van der Waals surface area contributed by atoms with Crippen molar-refractivity contribution in [2.75, 3.05) is 14.2 Å². The third-order valence-corrected chi connectivity index (χ3v) is 4.17. The smallest absolute Gasteiger partial charge is 0.189 e. The highest BCUT2D eigenvalue weighted by atomic mass is 16.5. The summed E-state index contributed by atoms with van der Waals surface area (Å²) in [6.45, 7) is 7.49. The van der Waals surface area contributed by atoms with Crippen molar-refractivity contribution >= 4 is 5.96 Å². The van der Waals surface area contributed by atoms with Crippen molar-refractivity contribution in [1.82, 2.24) is 5.32 Å². The number of nitrogens with one attached hydrogen (secondary N) is 1. The molecule has 25 heavy (non-hydrogen) atoms. The van der Waals surface area contributed by atoms with Crippen LogP contribution in [0.5, 0.6) is 11.5 Å². The zero-order chi connectivity index (χ0) is 18.4. The number of ether oxygens (including phenoxy) is 2. The summed E-state index contributed by atoms with van der Waals surface area (Å²) in [5, 5.41) is 3.19. The van der Waals surface area contributed by atoms with Crippen LogP contribution in [0.4, 0.5) is 0 Å². The van der Waals surface area contributed by atoms with Gasteiger partial charge in [-0.2, -0.15) is 0 Å². The number of hydrogen-bond donors (Lipinski definition) is 2. The Bertz CT molecular complexity index is 747. The lowest BCUT2D eigenvalue weighted by atomic mass is 10.00. The quantitative estimate of drug-likeness (QED) is 0.625. The molecule has 0 atom stereocenters. The van der Waals surface area contributed by atoms with Gasteiger partial charge in [-0.25, -0.2) is 4.99 Å². The summed E-state index contributed by atoms with van der Waals surface area (Å²) in [7, 11) is 3.24. The Morgan fingerprint density at radius 3 is 2.24 bits per heavy atom. The van der Waals surface area contributed by atoms with Gasteiger partial charge in [0.05, 0.1) is 20.8 Å². The molecule has 0 spiro atoms. The molecule has 2 aromatic rings. The van der Waals surface area contributed by atoms with E-state index >= 15 is 0 Å². The maximum atomic E-state index is 6.01. The topological polar surface area (TPSA) is 68.9 Å². The first-order valence-electron chi connectivity index (χ1n) is 8.26. The minimum atomic E-state index is 0.425. The average molecular weight is 341 g/mol. The lowest BCUT2D eigenvalue weighted by Crippen LogP contribution is -2.31. The van der Waals surface area contributed by atoms with Crippen LogP contribution in [0.2, 0.25) is 0 Å². The third kappa shape index (κ3) is 4.89. The van der Waals surface area contributed by atoms with Crippen LogP contribution in [0.25, 0.3) is 0 Å². The lowest BCUT2D eigenvalue weighted by Gasteiger charge is -2.13. The number of aliphatic imine (C=N–C) groups is 1. The molecule has 0 radical (unpaired) electrons. The van der Waals surface area contributed by atoms with Gasteiger partial charge in [0, 0.05) is 6.54 Å². The summed E-state index contributed by atoms with van der Waals surface area (Å²) in [5.74, 6) is 1.81. The Balaban J connectivity index is 2.01. The van der Waals surface area contributed by atoms with E-state index in [-0.39, 0.29) is 0 Å². The number of guanidine groups is 1. The van der Waals surface area contributed by atoms with Gasteiger partial charge >= 0.3 is 0 Å². The van der Waals surface area contributed by atoms with Gasteiger partial charge in [-0.15, -0.1) is 0 Å². The van der Waals surface area contributed by atoms with Crippen molar-refractivity contribution in [1.29, 1.82) is 0 Å². The Morgan fingerprint density at radius 2 is 1.64 bits per heavy atom. The lowest BCUT2D eigenvalue weighted by molar-refractivity contribution is 0.354. The molecular weight excluding hydrogens is 314 g/mol. The van der Waals surface area contributed by atoms with Crippen LogP contribution in [0.1, 0.15) is 27.8 Å². The van der Waals surface area contributed by atoms with Crippen molar-refractivity contribution in [3.63, 3.8) is 0 Å². The Morgan fingerprint density at radius 1 is 1.00 bits per heavy atom. The van der Waals surface area contributed by atoms with Crippen LogP contribution in [0.3, 0.4) is 0 Å². The second-order valence-electron chi connectivity index (χ2n) is 6.12. The molecule has 0 amide bonds. The molecule has 2 rings (SSSR count). The third-order valence-electron chi connectivity index (χ3n) is 4.17. The van der Waals surface area contributed by atoms with Gasteiger partial charge in [0.15, 0.2) is 17.5 Å². The van der Waals surface area contributed by atoms with Crippen LogP contribution in [-0.4, -0.2) is 20.2 Å². The van der Waals surface area contributed by atoms with E-state index in [9.17, 15) is 0 Å². The predicted octanol–water partition coefficient (Wildman–Crippen LogP) is 3.23. The van der Waals surface area contributed by atoms with Crippen LogP contribution < -0.4 is 20.5 Å². The summed E-state index contributed by atoms with van der Waals surface area (Å²) in [6, 6.07) is 10.1. The molecular formula is C20H27N3O2. The van der Waals surface area contributed by atoms with E-state index in [1.54, 1.807) is 14.2 Å². The zero-order valence-electron chi connectivity index (χ0n) is 15.6. The highest BCUT2D eigenvalue weighted by molar-refractivity contribution is 5.77. The molecule has 2 aromatic carbocycles. The number of hydrogen-bond acceptors (Lipinski definition) is 3. The van der Waals surface area contributed by atoms with Gasteiger partial charge < -0.3 is 20.5 Å². The number of aryl methyl sites for hydroxylation is 3. The van der Waals surface area contributed by atoms with Crippen molar-refractivity contribution in [2.45, 2.75) is 33.9 Å². The van der Waals surface area contributed by atoms with Crippen molar-refractivity contribution in [3.8, 4) is 11.5 Å². The molecule has 5 heteroatoms. The first kappa shape index (κ1) is 18.6. The molecule has 0 aliphatic heterocycles. The summed E-state index contributed by atoms with van der Waals surface area (Å²) < 4.78 is 10.5. The molecule has 0 fully saturated rings. The van der Waals surface area contributed by atoms with Crippen LogP contribution in [-0.2, 0) is 13.1 Å². The second-order valence-corrected chi connectivity index (χ2v) is 6.12. The number of methoxy groups -OCH3 is 2. The van der Waals surface area contributed by atoms with Gasteiger partial charge in [-0.1, -0.05) is 23.8 Å². The number of nitrogens with two attached hydrogens (primary N) is 1. The standard InChI is InChI=1S/C20H27N3O2/c1-13-8-14(2)17(15(3)9-13)12-23-20(21)22-11-16-6-7-18(24-4)19(10-16)25-5/h6-10H,11-12H2,1-5H3,(H3,21,22,23). The molecule has 0 unspecified atom stereocenters. The van der Waals surface area contributed by atoms with Crippen LogP contribution in [0, 0.1) is 20.8 Å². The number of nitrogens with zero attached hydrogens (tertiary/aromatic N) is 1. The van der Waals surface area contributed by atoms with E-state index in [1.807, 2.05) is 18.2 Å². The second kappa shape index (κ2) is 8.42. The van der Waals surface area contributed by atoms with E-state index in [0.29, 0.717) is 30.5 Å². The highest BCUT2D eigenvalue weighted by Gasteiger charge is 2.06. The van der Waals surface area contributed by atoms with Crippen molar-refractivity contribution in [3.05, 3.63) is 58.1 Å². The molecule has 5 nitrogen and oxygen atoms in total. The van der Waals surface area contributed by atoms with Gasteiger partial charge in [0.2, 0.25) is 0 Å². The Kier molecular flexibility index (Phi) is 6.28. The first-order chi connectivity index (χ1) is 11.9. The summed E-state index contributed by atoms with van der Waals surface area (Å²) >= 11 is 0. The van der Waals surface area contributed by atoms with Gasteiger partial charge in [-0.05, 0) is 55.2 Å². The zero-order valence-corrected chi connectivity index (χ0v) is 15.6. The predicted molar refractivity (Wildman–Crippen MR) is 102 cm³/mol. The maximum absolute atomic E-state index is 6.01. The Hall–Kier alpha value is -2.69. The van der Waals surface area contributed by atoms with Crippen LogP contribution >= 0.6 is 0 Å². The molecule has 0 heterocycles. The molecule has 0 aliphatic carbocycles. The van der Waals surface area contributed by atoms with E-state index in [1.165, 1.54) is 22.3 Å². The van der Waals surface area contributed by atoms with E-state index < -0.39 is 0 Å². The summed E-state index contributed by atoms with van der Waals surface area (Å²) in [4.78, 5) is 4.40. The normalized spacial score (nSPS) is 11.3. The molecule has 0 aliphatic rings. The minimum Gasteiger partial charge on any atom is -0.493 e. The Labute approximate surface area is 149 Å². The number of benzene rings is 2. The van der Waals surface area contributed by atoms with Crippen LogP contribution in [0.15, 0.2) is 35.3 Å². The van der Waals surface area contributed by atoms with Gasteiger partial charge in [0.25, 0.3) is 0 Å².